The zero-order valence-corrected chi connectivity index (χ0v) is 28.2. The Morgan fingerprint density at radius 3 is 2.22 bits per heavy atom. The predicted octanol–water partition coefficient (Wildman–Crippen LogP) is 4.89. The van der Waals surface area contributed by atoms with E-state index in [1.807, 2.05) is 36.4 Å². The Labute approximate surface area is 278 Å². The molecule has 0 aliphatic carbocycles. The topological polar surface area (TPSA) is 141 Å². The molecule has 45 heavy (non-hydrogen) atoms. The number of fused-ring (bicyclic) bond motifs is 1. The number of carbonyl (C=O) groups is 1. The van der Waals surface area contributed by atoms with Gasteiger partial charge in [-0.1, -0.05) is 35.9 Å². The highest BCUT2D eigenvalue weighted by Gasteiger charge is 2.37. The van der Waals surface area contributed by atoms with E-state index >= 15 is 0 Å². The van der Waals surface area contributed by atoms with E-state index in [1.54, 1.807) is 36.7 Å². The Morgan fingerprint density at radius 2 is 1.73 bits per heavy atom. The summed E-state index contributed by atoms with van der Waals surface area (Å²) in [5.41, 5.74) is 7.92. The molecule has 10 nitrogen and oxygen atoms in total. The van der Waals surface area contributed by atoms with Crippen LogP contribution in [0.25, 0.3) is 10.8 Å². The minimum Gasteiger partial charge on any atom is -0.520 e. The molecule has 5 N–H and O–H groups in total. The van der Waals surface area contributed by atoms with Gasteiger partial charge in [-0.25, -0.2) is 9.28 Å². The third-order valence-corrected chi connectivity index (χ3v) is 8.06. The van der Waals surface area contributed by atoms with Crippen molar-refractivity contribution in [2.75, 3.05) is 64.5 Å². The molecule has 0 spiro atoms. The Balaban J connectivity index is 0.000000550. The molecule has 2 aromatic rings. The number of hydrogen-bond donors (Lipinski definition) is 5. The van der Waals surface area contributed by atoms with Gasteiger partial charge in [-0.05, 0) is 63.2 Å². The summed E-state index contributed by atoms with van der Waals surface area (Å²) in [4.78, 5) is 18.7. The van der Waals surface area contributed by atoms with E-state index in [0.717, 1.165) is 22.0 Å². The van der Waals surface area contributed by atoms with Crippen LogP contribution in [-0.2, 0) is 4.79 Å². The average molecular weight is 653 g/mol. The molecular weight excluding hydrogens is 609 g/mol. The lowest BCUT2D eigenvalue weighted by Gasteiger charge is -2.37. The van der Waals surface area contributed by atoms with E-state index in [4.69, 9.17) is 35.9 Å². The average Bonchev–Trinajstić information content (AvgIpc) is 3.52. The Kier molecular flexibility index (Phi) is 14.8. The highest BCUT2D eigenvalue weighted by Crippen LogP contribution is 2.35. The van der Waals surface area contributed by atoms with Crippen molar-refractivity contribution in [1.82, 2.24) is 9.80 Å². The highest BCUT2D eigenvalue weighted by molar-refractivity contribution is 7.79. The molecule has 5 rings (SSSR count). The van der Waals surface area contributed by atoms with Crippen LogP contribution in [0, 0.1) is 16.7 Å². The second-order valence-corrected chi connectivity index (χ2v) is 11.3. The van der Waals surface area contributed by atoms with E-state index in [0.29, 0.717) is 36.8 Å². The van der Waals surface area contributed by atoms with Crippen molar-refractivity contribution in [3.8, 4) is 6.07 Å². The van der Waals surface area contributed by atoms with Crippen LogP contribution in [0.15, 0.2) is 71.5 Å². The third kappa shape index (κ3) is 9.68. The van der Waals surface area contributed by atoms with Gasteiger partial charge >= 0.3 is 5.91 Å². The molecule has 2 radical (unpaired) electrons. The summed E-state index contributed by atoms with van der Waals surface area (Å²) in [6.07, 6.45) is 8.30. The van der Waals surface area contributed by atoms with Crippen molar-refractivity contribution in [2.45, 2.75) is 26.2 Å². The van der Waals surface area contributed by atoms with Gasteiger partial charge < -0.3 is 30.6 Å². The van der Waals surface area contributed by atoms with E-state index < -0.39 is 17.3 Å². The number of carbonyl (C=O) groups excluding carboxylic acids is 1. The summed E-state index contributed by atoms with van der Waals surface area (Å²) in [6.45, 7) is 5.86. The van der Waals surface area contributed by atoms with Crippen molar-refractivity contribution >= 4 is 60.3 Å². The lowest BCUT2D eigenvalue weighted by Crippen LogP contribution is -2.53. The molecule has 1 atom stereocenters. The molecule has 1 unspecified atom stereocenters. The molecule has 0 aromatic heterocycles. The van der Waals surface area contributed by atoms with Gasteiger partial charge in [0.2, 0.25) is 5.76 Å². The SMILES string of the molecule is CC#N.CN1CCCC1.CS.[B]/C(O)=C(/O)C(=O)[N+]1(C)C=CN(C(=N)C2=C(N)CN(c3cccc4cccc(Cl)c34)CC2)CC1. The van der Waals surface area contributed by atoms with Gasteiger partial charge in [0.15, 0.2) is 7.85 Å². The van der Waals surface area contributed by atoms with Crippen molar-refractivity contribution in [2.24, 2.45) is 5.73 Å². The lowest BCUT2D eigenvalue weighted by atomic mass is 10.0. The number of amides is 1. The molecule has 1 amide bonds. The molecule has 3 aliphatic heterocycles. The number of halogens is 1. The maximum absolute atomic E-state index is 12.4. The Morgan fingerprint density at radius 1 is 1.13 bits per heavy atom. The number of thiol groups is 1. The number of nitriles is 1. The van der Waals surface area contributed by atoms with Crippen molar-refractivity contribution in [1.29, 1.82) is 10.7 Å². The number of aliphatic hydroxyl groups is 2. The molecule has 240 valence electrons. The van der Waals surface area contributed by atoms with Crippen LogP contribution >= 0.6 is 24.2 Å². The van der Waals surface area contributed by atoms with Crippen LogP contribution < -0.4 is 10.6 Å². The second kappa shape index (κ2) is 17.8. The quantitative estimate of drug-likeness (QED) is 0.0600. The summed E-state index contributed by atoms with van der Waals surface area (Å²) >= 11 is 10.0. The molecule has 1 saturated heterocycles. The Hall–Kier alpha value is -3.63. The van der Waals surface area contributed by atoms with Crippen LogP contribution in [0.4, 0.5) is 5.69 Å². The van der Waals surface area contributed by atoms with E-state index in [1.165, 1.54) is 32.9 Å². The van der Waals surface area contributed by atoms with Gasteiger partial charge in [-0.3, -0.25) is 5.41 Å². The number of anilines is 1. The van der Waals surface area contributed by atoms with Gasteiger partial charge in [0.25, 0.3) is 0 Å². The number of amidine groups is 1. The molecule has 0 saturated carbocycles. The molecule has 1 fully saturated rings. The van der Waals surface area contributed by atoms with E-state index in [-0.39, 0.29) is 16.9 Å². The molecule has 2 aromatic carbocycles. The summed E-state index contributed by atoms with van der Waals surface area (Å²) in [5.74, 6) is -1.31. The van der Waals surface area contributed by atoms with Crippen LogP contribution in [0.5, 0.6) is 0 Å². The largest absolute Gasteiger partial charge is 0.520 e. The first-order chi connectivity index (χ1) is 21.4. The number of likely N-dealkylation sites (N-methyl/N-ethyl adjacent to an activating group) is 1. The second-order valence-electron chi connectivity index (χ2n) is 10.9. The van der Waals surface area contributed by atoms with Gasteiger partial charge in [0.1, 0.15) is 18.6 Å². The van der Waals surface area contributed by atoms with Crippen LogP contribution in [-0.4, -0.2) is 104 Å². The maximum Gasteiger partial charge on any atom is 0.387 e. The first-order valence-corrected chi connectivity index (χ1v) is 15.9. The lowest BCUT2D eigenvalue weighted by molar-refractivity contribution is -0.782. The molecule has 3 heterocycles. The highest BCUT2D eigenvalue weighted by atomic mass is 35.5. The van der Waals surface area contributed by atoms with Crippen molar-refractivity contribution in [3.05, 3.63) is 76.5 Å². The van der Waals surface area contributed by atoms with Crippen LogP contribution in [0.1, 0.15) is 26.2 Å². The third-order valence-electron chi connectivity index (χ3n) is 7.75. The summed E-state index contributed by atoms with van der Waals surface area (Å²) in [6, 6.07) is 13.6. The maximum atomic E-state index is 12.4. The van der Waals surface area contributed by atoms with Crippen molar-refractivity contribution < 1.29 is 19.5 Å². The van der Waals surface area contributed by atoms with E-state index in [9.17, 15) is 15.0 Å². The summed E-state index contributed by atoms with van der Waals surface area (Å²) < 4.78 is -0.277. The standard InChI is InChI=1S/C24H25BClN5O3.C5H11N.C2H3N.CH4S/c1-31(24(34)21(32)22(25)33)12-10-29(11-13-31)23(28)16-8-9-30(14-18(16)27)19-7-3-5-15-4-2-6-17(26)20(15)19;1-6-4-2-3-5-6;1-2-3;1-2/h2-7,10,12H,8-9,11,13-14H2,1H3,(H4-,27,28,32,33,34);2-5H2,1H3;1H3;2H,1H3/p+1. The molecule has 3 aliphatic rings. The van der Waals surface area contributed by atoms with Crippen LogP contribution in [0.3, 0.4) is 0 Å². The summed E-state index contributed by atoms with van der Waals surface area (Å²) in [7, 11) is 8.91. The fourth-order valence-electron chi connectivity index (χ4n) is 5.25. The van der Waals surface area contributed by atoms with Crippen molar-refractivity contribution in [3.63, 3.8) is 0 Å². The molecular formula is C32H44BClN7O3S+. The number of rotatable bonds is 3. The van der Waals surface area contributed by atoms with Crippen LogP contribution in [0.2, 0.25) is 5.02 Å². The van der Waals surface area contributed by atoms with Gasteiger partial charge in [0.05, 0.1) is 43.1 Å². The number of quaternary nitrogens is 1. The first kappa shape index (κ1) is 37.6. The number of aliphatic hydroxyl groups excluding tert-OH is 2. The molecule has 13 heteroatoms. The number of likely N-dealkylation sites (tertiary alicyclic amines) is 1. The normalized spacial score (nSPS) is 20.0. The zero-order valence-electron chi connectivity index (χ0n) is 26.5. The predicted molar refractivity (Wildman–Crippen MR) is 188 cm³/mol. The first-order valence-electron chi connectivity index (χ1n) is 14.6. The number of benzene rings is 2. The van der Waals surface area contributed by atoms with Gasteiger partial charge in [-0.15, -0.1) is 0 Å². The Bertz CT molecular complexity index is 1480. The minimum absolute atomic E-state index is 0.277. The van der Waals surface area contributed by atoms with Gasteiger partial charge in [-0.2, -0.15) is 17.9 Å². The fraction of sp³-hybridized carbons (Fsp3) is 0.406. The monoisotopic (exact) mass is 652 g/mol. The number of nitrogens with two attached hydrogens (primary N) is 1. The zero-order chi connectivity index (χ0) is 33.7. The molecule has 0 bridgehead atoms. The van der Waals surface area contributed by atoms with Gasteiger partial charge in [0, 0.05) is 35.8 Å². The van der Waals surface area contributed by atoms with E-state index in [2.05, 4.69) is 29.5 Å². The fourth-order valence-corrected chi connectivity index (χ4v) is 5.53. The number of nitrogens with zero attached hydrogens (tertiary/aromatic N) is 5. The smallest absolute Gasteiger partial charge is 0.387 e. The number of nitrogens with one attached hydrogen (secondary N) is 1. The summed E-state index contributed by atoms with van der Waals surface area (Å²) in [5, 5.41) is 37.7. The number of hydrogen-bond acceptors (Lipinski definition) is 9. The minimum atomic E-state index is -0.912.